The second-order valence-electron chi connectivity index (χ2n) is 5.95. The number of piperidine rings is 1. The summed E-state index contributed by atoms with van der Waals surface area (Å²) < 4.78 is 44.6. The molecule has 1 saturated heterocycles. The monoisotopic (exact) mass is 367 g/mol. The molecule has 0 radical (unpaired) electrons. The van der Waals surface area contributed by atoms with Gasteiger partial charge in [0.05, 0.1) is 4.90 Å². The SMILES string of the molecule is Cc1cc(NC(=O)C2CCN(S(=O)(=O)c3cccc(F)c3)CC2)no1. The fourth-order valence-corrected chi connectivity index (χ4v) is 4.29. The topological polar surface area (TPSA) is 92.5 Å². The number of benzene rings is 1. The maximum Gasteiger partial charge on any atom is 0.243 e. The van der Waals surface area contributed by atoms with Gasteiger partial charge in [-0.05, 0) is 38.0 Å². The summed E-state index contributed by atoms with van der Waals surface area (Å²) in [6.07, 6.45) is 0.772. The third-order valence-corrected chi connectivity index (χ3v) is 6.03. The lowest BCUT2D eigenvalue weighted by Gasteiger charge is -2.30. The molecule has 0 unspecified atom stereocenters. The normalized spacial score (nSPS) is 16.7. The predicted octanol–water partition coefficient (Wildman–Crippen LogP) is 2.16. The quantitative estimate of drug-likeness (QED) is 0.894. The first-order chi connectivity index (χ1) is 11.9. The Morgan fingerprint density at radius 1 is 1.32 bits per heavy atom. The lowest BCUT2D eigenvalue weighted by atomic mass is 9.97. The van der Waals surface area contributed by atoms with Gasteiger partial charge in [-0.2, -0.15) is 4.31 Å². The minimum absolute atomic E-state index is 0.0755. The van der Waals surface area contributed by atoms with E-state index in [2.05, 4.69) is 10.5 Å². The number of anilines is 1. The van der Waals surface area contributed by atoms with Gasteiger partial charge in [0, 0.05) is 25.1 Å². The van der Waals surface area contributed by atoms with Gasteiger partial charge < -0.3 is 9.84 Å². The standard InChI is InChI=1S/C16H18FN3O4S/c1-11-9-15(19-24-11)18-16(21)12-5-7-20(8-6-12)25(22,23)14-4-2-3-13(17)10-14/h2-4,9-10,12H,5-8H2,1H3,(H,18,19,21). The fourth-order valence-electron chi connectivity index (χ4n) is 2.79. The van der Waals surface area contributed by atoms with Crippen molar-refractivity contribution in [1.29, 1.82) is 0 Å². The van der Waals surface area contributed by atoms with E-state index < -0.39 is 15.8 Å². The van der Waals surface area contributed by atoms with E-state index in [-0.39, 0.29) is 29.8 Å². The van der Waals surface area contributed by atoms with Crippen LogP contribution in [0.3, 0.4) is 0 Å². The molecular weight excluding hydrogens is 349 g/mol. The summed E-state index contributed by atoms with van der Waals surface area (Å²) in [4.78, 5) is 12.2. The van der Waals surface area contributed by atoms with E-state index in [1.807, 2.05) is 0 Å². The number of carbonyl (C=O) groups is 1. The Kier molecular flexibility index (Phi) is 4.87. The van der Waals surface area contributed by atoms with Crippen LogP contribution in [0.4, 0.5) is 10.2 Å². The Labute approximate surface area is 144 Å². The highest BCUT2D eigenvalue weighted by Crippen LogP contribution is 2.25. The van der Waals surface area contributed by atoms with Crippen molar-refractivity contribution < 1.29 is 22.1 Å². The Bertz CT molecular complexity index is 873. The molecule has 0 bridgehead atoms. The van der Waals surface area contributed by atoms with Gasteiger partial charge >= 0.3 is 0 Å². The first-order valence-electron chi connectivity index (χ1n) is 7.86. The molecule has 1 aliphatic heterocycles. The van der Waals surface area contributed by atoms with Gasteiger partial charge in [-0.15, -0.1) is 0 Å². The van der Waals surface area contributed by atoms with Crippen LogP contribution in [0.25, 0.3) is 0 Å². The number of hydrogen-bond acceptors (Lipinski definition) is 5. The summed E-state index contributed by atoms with van der Waals surface area (Å²) in [6, 6.07) is 6.54. The van der Waals surface area contributed by atoms with Crippen molar-refractivity contribution in [3.05, 3.63) is 41.9 Å². The molecule has 3 rings (SSSR count). The minimum Gasteiger partial charge on any atom is -0.360 e. The molecule has 134 valence electrons. The number of nitrogens with zero attached hydrogens (tertiary/aromatic N) is 2. The number of hydrogen-bond donors (Lipinski definition) is 1. The molecule has 0 atom stereocenters. The molecule has 1 aromatic heterocycles. The van der Waals surface area contributed by atoms with E-state index in [1.165, 1.54) is 22.5 Å². The molecule has 0 saturated carbocycles. The van der Waals surface area contributed by atoms with Crippen LogP contribution in [-0.4, -0.2) is 36.9 Å². The van der Waals surface area contributed by atoms with Crippen molar-refractivity contribution in [1.82, 2.24) is 9.46 Å². The molecule has 0 aliphatic carbocycles. The maximum atomic E-state index is 13.3. The van der Waals surface area contributed by atoms with Gasteiger partial charge in [-0.3, -0.25) is 4.79 Å². The minimum atomic E-state index is -3.75. The highest BCUT2D eigenvalue weighted by Gasteiger charge is 2.32. The number of aryl methyl sites for hydroxylation is 1. The van der Waals surface area contributed by atoms with Crippen LogP contribution >= 0.6 is 0 Å². The van der Waals surface area contributed by atoms with E-state index in [4.69, 9.17) is 4.52 Å². The van der Waals surface area contributed by atoms with Crippen LogP contribution in [0.5, 0.6) is 0 Å². The van der Waals surface area contributed by atoms with E-state index in [1.54, 1.807) is 13.0 Å². The molecule has 1 fully saturated rings. The Morgan fingerprint density at radius 2 is 2.04 bits per heavy atom. The van der Waals surface area contributed by atoms with Gasteiger partial charge in [0.1, 0.15) is 11.6 Å². The van der Waals surface area contributed by atoms with Crippen LogP contribution in [0, 0.1) is 18.7 Å². The van der Waals surface area contributed by atoms with Crippen LogP contribution in [0.15, 0.2) is 39.8 Å². The van der Waals surface area contributed by atoms with Crippen LogP contribution in [-0.2, 0) is 14.8 Å². The predicted molar refractivity (Wildman–Crippen MR) is 87.8 cm³/mol. The maximum absolute atomic E-state index is 13.3. The van der Waals surface area contributed by atoms with Crippen LogP contribution in [0.2, 0.25) is 0 Å². The summed E-state index contributed by atoms with van der Waals surface area (Å²) >= 11 is 0. The van der Waals surface area contributed by atoms with Crippen molar-refractivity contribution in [3.8, 4) is 0 Å². The third kappa shape index (κ3) is 3.88. The van der Waals surface area contributed by atoms with Crippen molar-refractivity contribution in [2.24, 2.45) is 5.92 Å². The molecule has 25 heavy (non-hydrogen) atoms. The summed E-state index contributed by atoms with van der Waals surface area (Å²) in [6.45, 7) is 2.13. The molecule has 2 aromatic rings. The summed E-state index contributed by atoms with van der Waals surface area (Å²) in [5, 5.41) is 6.37. The van der Waals surface area contributed by atoms with Crippen molar-refractivity contribution in [3.63, 3.8) is 0 Å². The van der Waals surface area contributed by atoms with Crippen molar-refractivity contribution in [2.45, 2.75) is 24.7 Å². The Balaban J connectivity index is 1.62. The van der Waals surface area contributed by atoms with Crippen molar-refractivity contribution in [2.75, 3.05) is 18.4 Å². The van der Waals surface area contributed by atoms with E-state index in [9.17, 15) is 17.6 Å². The summed E-state index contributed by atoms with van der Waals surface area (Å²) in [5.74, 6) is -0.186. The number of rotatable bonds is 4. The summed E-state index contributed by atoms with van der Waals surface area (Å²) in [5.41, 5.74) is 0. The second kappa shape index (κ2) is 6.93. The zero-order valence-electron chi connectivity index (χ0n) is 13.6. The van der Waals surface area contributed by atoms with Gasteiger partial charge in [0.25, 0.3) is 0 Å². The van der Waals surface area contributed by atoms with Gasteiger partial charge in [-0.1, -0.05) is 11.2 Å². The number of aromatic nitrogens is 1. The molecule has 0 spiro atoms. The number of carbonyl (C=O) groups excluding carboxylic acids is 1. The lowest BCUT2D eigenvalue weighted by Crippen LogP contribution is -2.41. The highest BCUT2D eigenvalue weighted by molar-refractivity contribution is 7.89. The zero-order valence-corrected chi connectivity index (χ0v) is 14.4. The molecule has 7 nitrogen and oxygen atoms in total. The Morgan fingerprint density at radius 3 is 2.64 bits per heavy atom. The third-order valence-electron chi connectivity index (χ3n) is 4.14. The average Bonchev–Trinajstić information content (AvgIpc) is 3.00. The average molecular weight is 367 g/mol. The largest absolute Gasteiger partial charge is 0.360 e. The molecule has 1 N–H and O–H groups in total. The molecule has 2 heterocycles. The molecule has 9 heteroatoms. The zero-order chi connectivity index (χ0) is 18.0. The molecule has 1 amide bonds. The molecule has 1 aromatic carbocycles. The van der Waals surface area contributed by atoms with Crippen LogP contribution in [0.1, 0.15) is 18.6 Å². The smallest absolute Gasteiger partial charge is 0.243 e. The van der Waals surface area contributed by atoms with E-state index >= 15 is 0 Å². The second-order valence-corrected chi connectivity index (χ2v) is 7.89. The molecular formula is C16H18FN3O4S. The first-order valence-corrected chi connectivity index (χ1v) is 9.30. The number of amides is 1. The highest BCUT2D eigenvalue weighted by atomic mass is 32.2. The fraction of sp³-hybridized carbons (Fsp3) is 0.375. The van der Waals surface area contributed by atoms with E-state index in [0.717, 1.165) is 6.07 Å². The van der Waals surface area contributed by atoms with Gasteiger partial charge in [0.15, 0.2) is 5.82 Å². The van der Waals surface area contributed by atoms with Crippen LogP contribution < -0.4 is 5.32 Å². The summed E-state index contributed by atoms with van der Waals surface area (Å²) in [7, 11) is -3.75. The van der Waals surface area contributed by atoms with Gasteiger partial charge in [0.2, 0.25) is 15.9 Å². The number of sulfonamides is 1. The van der Waals surface area contributed by atoms with Crippen molar-refractivity contribution >= 4 is 21.7 Å². The Hall–Kier alpha value is -2.26. The van der Waals surface area contributed by atoms with Gasteiger partial charge in [-0.25, -0.2) is 12.8 Å². The molecule has 1 aliphatic rings. The van der Waals surface area contributed by atoms with E-state index in [0.29, 0.717) is 24.4 Å². The number of nitrogens with one attached hydrogen (secondary N) is 1. The first kappa shape index (κ1) is 17.6. The number of halogens is 1. The lowest BCUT2D eigenvalue weighted by molar-refractivity contribution is -0.120.